The third kappa shape index (κ3) is 18.2. The Morgan fingerprint density at radius 3 is 2.00 bits per heavy atom. The van der Waals surface area contributed by atoms with Crippen LogP contribution >= 0.6 is 0 Å². The number of esters is 1. The van der Waals surface area contributed by atoms with Gasteiger partial charge in [-0.3, -0.25) is 13.8 Å². The molecule has 0 fully saturated rings. The molecule has 160 valence electrons. The van der Waals surface area contributed by atoms with Crippen molar-refractivity contribution in [2.24, 2.45) is 0 Å². The van der Waals surface area contributed by atoms with Crippen LogP contribution in [0.5, 0.6) is 0 Å². The van der Waals surface area contributed by atoms with E-state index in [4.69, 9.17) is 4.18 Å². The first-order chi connectivity index (χ1) is 12.8. The lowest BCUT2D eigenvalue weighted by molar-refractivity contribution is -0.140. The Hall–Kier alpha value is -0.950. The molecule has 0 N–H and O–H groups in total. The van der Waals surface area contributed by atoms with Gasteiger partial charge in [-0.2, -0.15) is 8.42 Å². The molecule has 0 rings (SSSR count). The highest BCUT2D eigenvalue weighted by Crippen LogP contribution is 2.17. The van der Waals surface area contributed by atoms with Crippen molar-refractivity contribution >= 4 is 21.9 Å². The lowest BCUT2D eigenvalue weighted by Gasteiger charge is -2.16. The lowest BCUT2D eigenvalue weighted by atomic mass is 10.0. The fraction of sp³-hybridized carbons (Fsp3) is 0.900. The first-order valence-corrected chi connectivity index (χ1v) is 12.1. The number of ether oxygens (including phenoxy) is 1. The average Bonchev–Trinajstić information content (AvgIpc) is 2.60. The van der Waals surface area contributed by atoms with Gasteiger partial charge in [0.25, 0.3) is 10.1 Å². The minimum atomic E-state index is -3.50. The van der Waals surface area contributed by atoms with Gasteiger partial charge in [-0.1, -0.05) is 51.9 Å². The molecular weight excluding hydrogens is 368 g/mol. The fourth-order valence-corrected chi connectivity index (χ4v) is 3.64. The van der Waals surface area contributed by atoms with Crippen LogP contribution in [-0.4, -0.2) is 39.6 Å². The van der Waals surface area contributed by atoms with E-state index in [0.29, 0.717) is 32.1 Å². The number of carbonyl (C=O) groups is 2. The molecule has 1 atom stereocenters. The van der Waals surface area contributed by atoms with E-state index >= 15 is 0 Å². The van der Waals surface area contributed by atoms with E-state index in [1.165, 1.54) is 7.11 Å². The lowest BCUT2D eigenvalue weighted by Crippen LogP contribution is -2.19. The van der Waals surface area contributed by atoms with Crippen LogP contribution in [0.1, 0.15) is 96.8 Å². The predicted octanol–water partition coefficient (Wildman–Crippen LogP) is 4.55. The Kier molecular flexibility index (Phi) is 15.5. The molecule has 0 saturated carbocycles. The van der Waals surface area contributed by atoms with Crippen LogP contribution in [-0.2, 0) is 28.6 Å². The topological polar surface area (TPSA) is 86.7 Å². The molecule has 0 aromatic heterocycles. The van der Waals surface area contributed by atoms with Crippen molar-refractivity contribution in [1.29, 1.82) is 0 Å². The molecule has 0 aliphatic rings. The van der Waals surface area contributed by atoms with E-state index in [-0.39, 0.29) is 17.9 Å². The van der Waals surface area contributed by atoms with Crippen LogP contribution in [0.15, 0.2) is 0 Å². The Balaban J connectivity index is 3.92. The second kappa shape index (κ2) is 16.0. The van der Waals surface area contributed by atoms with Gasteiger partial charge in [0.15, 0.2) is 0 Å². The number of hydrogen-bond donors (Lipinski definition) is 0. The van der Waals surface area contributed by atoms with Gasteiger partial charge in [0, 0.05) is 19.3 Å². The number of methoxy groups -OCH3 is 1. The van der Waals surface area contributed by atoms with Crippen LogP contribution in [0.3, 0.4) is 0 Å². The summed E-state index contributed by atoms with van der Waals surface area (Å²) in [4.78, 5) is 23.0. The molecule has 0 aliphatic heterocycles. The predicted molar refractivity (Wildman–Crippen MR) is 107 cm³/mol. The van der Waals surface area contributed by atoms with Crippen LogP contribution in [0.2, 0.25) is 0 Å². The number of carbonyl (C=O) groups excluding carboxylic acids is 2. The molecule has 0 aromatic rings. The monoisotopic (exact) mass is 406 g/mol. The standard InChI is InChI=1S/C20H38O6S/c1-4-5-6-11-14-19(26-27(3,23)24)17-16-18(21)13-10-8-7-9-12-15-20(22)25-2/h19H,4-17H2,1-3H3. The molecule has 6 nitrogen and oxygen atoms in total. The van der Waals surface area contributed by atoms with E-state index in [0.717, 1.165) is 64.0 Å². The summed E-state index contributed by atoms with van der Waals surface area (Å²) in [7, 11) is -2.10. The van der Waals surface area contributed by atoms with Crippen molar-refractivity contribution in [3.63, 3.8) is 0 Å². The zero-order valence-corrected chi connectivity index (χ0v) is 18.2. The molecule has 0 heterocycles. The summed E-state index contributed by atoms with van der Waals surface area (Å²) in [5.41, 5.74) is 0. The van der Waals surface area contributed by atoms with Crippen molar-refractivity contribution in [3.05, 3.63) is 0 Å². The van der Waals surface area contributed by atoms with Gasteiger partial charge in [-0.25, -0.2) is 0 Å². The largest absolute Gasteiger partial charge is 0.469 e. The summed E-state index contributed by atoms with van der Waals surface area (Å²) in [6, 6.07) is 0. The fourth-order valence-electron chi connectivity index (χ4n) is 2.96. The van der Waals surface area contributed by atoms with Gasteiger partial charge in [0.1, 0.15) is 5.78 Å². The number of rotatable bonds is 18. The van der Waals surface area contributed by atoms with Crippen LogP contribution in [0, 0.1) is 0 Å². The smallest absolute Gasteiger partial charge is 0.305 e. The maximum atomic E-state index is 12.0. The SMILES string of the molecule is CCCCCCC(CCC(=O)CCCCCCCC(=O)OC)OS(C)(=O)=O. The van der Waals surface area contributed by atoms with E-state index in [9.17, 15) is 18.0 Å². The third-order valence-electron chi connectivity index (χ3n) is 4.50. The van der Waals surface area contributed by atoms with Crippen LogP contribution in [0.25, 0.3) is 0 Å². The minimum Gasteiger partial charge on any atom is -0.469 e. The minimum absolute atomic E-state index is 0.167. The van der Waals surface area contributed by atoms with E-state index in [1.54, 1.807) is 0 Å². The Morgan fingerprint density at radius 2 is 1.41 bits per heavy atom. The second-order valence-electron chi connectivity index (χ2n) is 7.19. The molecule has 1 unspecified atom stereocenters. The highest BCUT2D eigenvalue weighted by molar-refractivity contribution is 7.86. The van der Waals surface area contributed by atoms with Crippen molar-refractivity contribution in [1.82, 2.24) is 0 Å². The maximum Gasteiger partial charge on any atom is 0.305 e. The Labute approximate surface area is 165 Å². The molecule has 0 amide bonds. The molecule has 0 radical (unpaired) electrons. The maximum absolute atomic E-state index is 12.0. The van der Waals surface area contributed by atoms with Crippen molar-refractivity contribution in [2.45, 2.75) is 103 Å². The Morgan fingerprint density at radius 1 is 0.815 bits per heavy atom. The van der Waals surface area contributed by atoms with Gasteiger partial charge in [0.05, 0.1) is 19.5 Å². The summed E-state index contributed by atoms with van der Waals surface area (Å²) in [6.45, 7) is 2.13. The first-order valence-electron chi connectivity index (χ1n) is 10.2. The summed E-state index contributed by atoms with van der Waals surface area (Å²) in [5, 5.41) is 0. The van der Waals surface area contributed by atoms with E-state index < -0.39 is 10.1 Å². The van der Waals surface area contributed by atoms with Gasteiger partial charge < -0.3 is 4.74 Å². The van der Waals surface area contributed by atoms with Crippen molar-refractivity contribution < 1.29 is 26.9 Å². The van der Waals surface area contributed by atoms with Crippen molar-refractivity contribution in [3.8, 4) is 0 Å². The van der Waals surface area contributed by atoms with Gasteiger partial charge in [0.2, 0.25) is 0 Å². The molecule has 0 spiro atoms. The number of Topliss-reactive ketones (excluding diaryl/α,β-unsaturated/α-hetero) is 1. The van der Waals surface area contributed by atoms with E-state index in [2.05, 4.69) is 11.7 Å². The van der Waals surface area contributed by atoms with Gasteiger partial charge in [-0.15, -0.1) is 0 Å². The summed E-state index contributed by atoms with van der Waals surface area (Å²) in [5.74, 6) is -0.00837. The average molecular weight is 407 g/mol. The van der Waals surface area contributed by atoms with Crippen molar-refractivity contribution in [2.75, 3.05) is 13.4 Å². The number of hydrogen-bond acceptors (Lipinski definition) is 6. The quantitative estimate of drug-likeness (QED) is 0.188. The molecule has 0 saturated heterocycles. The zero-order chi connectivity index (χ0) is 20.5. The molecule has 27 heavy (non-hydrogen) atoms. The highest BCUT2D eigenvalue weighted by atomic mass is 32.2. The Bertz CT molecular complexity index is 501. The summed E-state index contributed by atoms with van der Waals surface area (Å²) < 4.78 is 32.5. The summed E-state index contributed by atoms with van der Waals surface area (Å²) in [6.07, 6.45) is 12.0. The van der Waals surface area contributed by atoms with E-state index in [1.807, 2.05) is 0 Å². The molecular formula is C20H38O6S. The summed E-state index contributed by atoms with van der Waals surface area (Å²) >= 11 is 0. The zero-order valence-electron chi connectivity index (χ0n) is 17.3. The molecule has 7 heteroatoms. The normalized spacial score (nSPS) is 12.7. The molecule has 0 aliphatic carbocycles. The van der Waals surface area contributed by atoms with Crippen LogP contribution < -0.4 is 0 Å². The number of unbranched alkanes of at least 4 members (excludes halogenated alkanes) is 7. The third-order valence-corrected chi connectivity index (χ3v) is 5.12. The highest BCUT2D eigenvalue weighted by Gasteiger charge is 2.17. The van der Waals surface area contributed by atoms with Gasteiger partial charge in [-0.05, 0) is 25.7 Å². The van der Waals surface area contributed by atoms with Crippen LogP contribution in [0.4, 0.5) is 0 Å². The molecule has 0 aromatic carbocycles. The van der Waals surface area contributed by atoms with Gasteiger partial charge >= 0.3 is 5.97 Å². The number of ketones is 1. The second-order valence-corrected chi connectivity index (χ2v) is 8.79. The first kappa shape index (κ1) is 26.1. The molecule has 0 bridgehead atoms.